The van der Waals surface area contributed by atoms with Crippen molar-refractivity contribution < 1.29 is 18.7 Å². The highest BCUT2D eigenvalue weighted by Crippen LogP contribution is 2.26. The molecule has 2 N–H and O–H groups in total. The molecule has 2 heterocycles. The van der Waals surface area contributed by atoms with Gasteiger partial charge in [0.2, 0.25) is 5.91 Å². The maximum atomic E-state index is 13.8. The highest BCUT2D eigenvalue weighted by Gasteiger charge is 2.18. The number of carbonyl (C=O) groups is 2. The summed E-state index contributed by atoms with van der Waals surface area (Å²) in [5, 5.41) is 5.64. The van der Waals surface area contributed by atoms with Crippen molar-refractivity contribution in [2.75, 3.05) is 10.6 Å². The molecule has 0 unspecified atom stereocenters. The molecule has 0 spiro atoms. The summed E-state index contributed by atoms with van der Waals surface area (Å²) >= 11 is 1.45. The van der Waals surface area contributed by atoms with Crippen LogP contribution in [0.15, 0.2) is 29.3 Å². The van der Waals surface area contributed by atoms with E-state index in [2.05, 4.69) is 15.6 Å². The Morgan fingerprint density at radius 3 is 2.59 bits per heavy atom. The van der Waals surface area contributed by atoms with E-state index >= 15 is 0 Å². The van der Waals surface area contributed by atoms with Crippen molar-refractivity contribution in [1.29, 1.82) is 0 Å². The third-order valence-corrected chi connectivity index (χ3v) is 5.74. The van der Waals surface area contributed by atoms with Gasteiger partial charge in [0.15, 0.2) is 0 Å². The Balaban J connectivity index is 1.71. The standard InChI is InChI=1S/C22H25FN4O4S/c1-12-13(2)32-19-18(12)20(29)27(11-24-19)9-8-17(28)25-16-10-14(23)6-7-15(16)26-21(30)31-22(3,4)5/h6-7,10-11H,8-9H2,1-5H3,(H,25,28)(H,26,30). The van der Waals surface area contributed by atoms with E-state index in [0.29, 0.717) is 10.2 Å². The zero-order valence-corrected chi connectivity index (χ0v) is 19.4. The molecule has 10 heteroatoms. The van der Waals surface area contributed by atoms with E-state index in [1.165, 1.54) is 28.3 Å². The minimum absolute atomic E-state index is 0.0440. The number of nitrogens with one attached hydrogen (secondary N) is 2. The third-order valence-electron chi connectivity index (χ3n) is 4.63. The number of hydrogen-bond acceptors (Lipinski definition) is 6. The second kappa shape index (κ2) is 9.07. The number of fused-ring (bicyclic) bond motifs is 1. The first-order valence-electron chi connectivity index (χ1n) is 9.99. The highest BCUT2D eigenvalue weighted by atomic mass is 32.1. The Hall–Kier alpha value is -3.27. The van der Waals surface area contributed by atoms with Gasteiger partial charge in [-0.1, -0.05) is 0 Å². The quantitative estimate of drug-likeness (QED) is 0.580. The molecular formula is C22H25FN4O4S. The predicted octanol–water partition coefficient (Wildman–Crippen LogP) is 4.59. The monoisotopic (exact) mass is 460 g/mol. The summed E-state index contributed by atoms with van der Waals surface area (Å²) in [6.07, 6.45) is 0.648. The molecule has 0 aliphatic rings. The summed E-state index contributed by atoms with van der Waals surface area (Å²) in [6.45, 7) is 9.05. The predicted molar refractivity (Wildman–Crippen MR) is 123 cm³/mol. The molecular weight excluding hydrogens is 435 g/mol. The van der Waals surface area contributed by atoms with Crippen molar-refractivity contribution in [1.82, 2.24) is 9.55 Å². The van der Waals surface area contributed by atoms with E-state index in [9.17, 15) is 18.8 Å². The topological polar surface area (TPSA) is 102 Å². The number of amides is 2. The van der Waals surface area contributed by atoms with Gasteiger partial charge in [0.25, 0.3) is 5.56 Å². The largest absolute Gasteiger partial charge is 0.444 e. The first-order valence-corrected chi connectivity index (χ1v) is 10.8. The Morgan fingerprint density at radius 1 is 1.19 bits per heavy atom. The number of aromatic nitrogens is 2. The SMILES string of the molecule is Cc1sc2ncn(CCC(=O)Nc3cc(F)ccc3NC(=O)OC(C)(C)C)c(=O)c2c1C. The van der Waals surface area contributed by atoms with E-state index in [1.54, 1.807) is 20.8 Å². The van der Waals surface area contributed by atoms with Gasteiger partial charge in [0, 0.05) is 17.8 Å². The summed E-state index contributed by atoms with van der Waals surface area (Å²) in [5.41, 5.74) is 0.251. The van der Waals surface area contributed by atoms with Gasteiger partial charge >= 0.3 is 6.09 Å². The van der Waals surface area contributed by atoms with Crippen molar-refractivity contribution in [3.8, 4) is 0 Å². The lowest BCUT2D eigenvalue weighted by molar-refractivity contribution is -0.116. The zero-order chi connectivity index (χ0) is 23.6. The van der Waals surface area contributed by atoms with Crippen molar-refractivity contribution in [3.63, 3.8) is 0 Å². The van der Waals surface area contributed by atoms with Crippen molar-refractivity contribution in [3.05, 3.63) is 51.1 Å². The second-order valence-electron chi connectivity index (χ2n) is 8.32. The number of carbonyl (C=O) groups excluding carboxylic acids is 2. The molecule has 8 nitrogen and oxygen atoms in total. The minimum atomic E-state index is -0.730. The average molecular weight is 461 g/mol. The highest BCUT2D eigenvalue weighted by molar-refractivity contribution is 7.18. The number of anilines is 2. The van der Waals surface area contributed by atoms with Gasteiger partial charge in [-0.3, -0.25) is 19.5 Å². The molecule has 2 amide bonds. The van der Waals surface area contributed by atoms with Gasteiger partial charge in [0.1, 0.15) is 16.2 Å². The van der Waals surface area contributed by atoms with Gasteiger partial charge < -0.3 is 10.1 Å². The molecule has 0 aliphatic carbocycles. The summed E-state index contributed by atoms with van der Waals surface area (Å²) in [7, 11) is 0. The summed E-state index contributed by atoms with van der Waals surface area (Å²) in [4.78, 5) is 43.3. The third kappa shape index (κ3) is 5.50. The molecule has 0 radical (unpaired) electrons. The average Bonchev–Trinajstić information content (AvgIpc) is 2.96. The molecule has 2 aromatic heterocycles. The fourth-order valence-electron chi connectivity index (χ4n) is 3.01. The van der Waals surface area contributed by atoms with Crippen LogP contribution in [-0.4, -0.2) is 27.2 Å². The van der Waals surface area contributed by atoms with Crippen LogP contribution in [0.3, 0.4) is 0 Å². The van der Waals surface area contributed by atoms with E-state index in [4.69, 9.17) is 4.74 Å². The fourth-order valence-corrected chi connectivity index (χ4v) is 3.99. The van der Waals surface area contributed by atoms with Crippen molar-refractivity contribution in [2.45, 2.75) is 53.2 Å². The molecule has 1 aromatic carbocycles. The van der Waals surface area contributed by atoms with Crippen LogP contribution in [0.1, 0.15) is 37.6 Å². The molecule has 0 bridgehead atoms. The maximum absolute atomic E-state index is 13.8. The van der Waals surface area contributed by atoms with Gasteiger partial charge in [-0.25, -0.2) is 14.2 Å². The lowest BCUT2D eigenvalue weighted by Crippen LogP contribution is -2.28. The number of benzene rings is 1. The van der Waals surface area contributed by atoms with E-state index in [1.807, 2.05) is 13.8 Å². The number of halogens is 1. The van der Waals surface area contributed by atoms with Crippen molar-refractivity contribution >= 4 is 44.9 Å². The zero-order valence-electron chi connectivity index (χ0n) is 18.5. The first-order chi connectivity index (χ1) is 14.9. The van der Waals surface area contributed by atoms with Crippen LogP contribution in [-0.2, 0) is 16.1 Å². The smallest absolute Gasteiger partial charge is 0.412 e. The van der Waals surface area contributed by atoms with Gasteiger partial charge in [-0.2, -0.15) is 0 Å². The fraction of sp³-hybridized carbons (Fsp3) is 0.364. The van der Waals surface area contributed by atoms with Crippen LogP contribution >= 0.6 is 11.3 Å². The number of nitrogens with zero attached hydrogens (tertiary/aromatic N) is 2. The minimum Gasteiger partial charge on any atom is -0.444 e. The van der Waals surface area contributed by atoms with Crippen molar-refractivity contribution in [2.24, 2.45) is 0 Å². The van der Waals surface area contributed by atoms with E-state index in [0.717, 1.165) is 22.6 Å². The van der Waals surface area contributed by atoms with Gasteiger partial charge in [-0.15, -0.1) is 11.3 Å². The molecule has 0 atom stereocenters. The summed E-state index contributed by atoms with van der Waals surface area (Å²) < 4.78 is 20.3. The van der Waals surface area contributed by atoms with Gasteiger partial charge in [-0.05, 0) is 58.4 Å². The number of thiophene rings is 1. The maximum Gasteiger partial charge on any atom is 0.412 e. The number of ether oxygens (including phenoxy) is 1. The Morgan fingerprint density at radius 2 is 1.91 bits per heavy atom. The van der Waals surface area contributed by atoms with Crippen LogP contribution in [0.5, 0.6) is 0 Å². The normalized spacial score (nSPS) is 11.4. The lowest BCUT2D eigenvalue weighted by Gasteiger charge is -2.20. The Labute approximate surface area is 188 Å². The second-order valence-corrected chi connectivity index (χ2v) is 9.52. The lowest BCUT2D eigenvalue weighted by atomic mass is 10.2. The number of hydrogen-bond donors (Lipinski definition) is 2. The van der Waals surface area contributed by atoms with E-state index in [-0.39, 0.29) is 29.9 Å². The Kier molecular flexibility index (Phi) is 6.63. The first kappa shape index (κ1) is 23.4. The molecule has 0 fully saturated rings. The molecule has 3 aromatic rings. The number of rotatable bonds is 5. The van der Waals surface area contributed by atoms with Crippen LogP contribution in [0, 0.1) is 19.7 Å². The number of aryl methyl sites for hydroxylation is 3. The van der Waals surface area contributed by atoms with Crippen LogP contribution in [0.4, 0.5) is 20.6 Å². The molecule has 170 valence electrons. The summed E-state index contributed by atoms with van der Waals surface area (Å²) in [6, 6.07) is 3.59. The van der Waals surface area contributed by atoms with Crippen LogP contribution in [0.25, 0.3) is 10.2 Å². The molecule has 0 saturated carbocycles. The van der Waals surface area contributed by atoms with Crippen LogP contribution < -0.4 is 16.2 Å². The molecule has 3 rings (SSSR count). The van der Waals surface area contributed by atoms with Crippen LogP contribution in [0.2, 0.25) is 0 Å². The molecule has 0 saturated heterocycles. The summed E-state index contributed by atoms with van der Waals surface area (Å²) in [5.74, 6) is -1.03. The van der Waals surface area contributed by atoms with E-state index < -0.39 is 23.4 Å². The Bertz CT molecular complexity index is 1240. The molecule has 0 aliphatic heterocycles. The molecule has 32 heavy (non-hydrogen) atoms. The van der Waals surface area contributed by atoms with Gasteiger partial charge in [0.05, 0.1) is 23.1 Å².